The van der Waals surface area contributed by atoms with Crippen molar-refractivity contribution in [1.29, 1.82) is 0 Å². The Morgan fingerprint density at radius 1 is 0.190 bits per heavy atom. The first-order valence-electron chi connectivity index (χ1n) is 32.4. The molecule has 0 aliphatic carbocycles. The number of carbonyl (C=O) groups excluding carboxylic acids is 7. The van der Waals surface area contributed by atoms with Crippen LogP contribution in [0.4, 0.5) is 0 Å². The van der Waals surface area contributed by atoms with E-state index in [0.29, 0.717) is 0 Å². The molecule has 21 saturated heterocycles. The number of aliphatic hydroxyl groups excluding tert-OH is 14. The smallest absolute Gasteiger partial charge is 0.235 e. The van der Waals surface area contributed by atoms with Crippen molar-refractivity contribution < 1.29 is 171 Å². The highest BCUT2D eigenvalue weighted by atomic mass is 35.5. The van der Waals surface area contributed by atoms with Crippen molar-refractivity contribution in [3.63, 3.8) is 0 Å². The van der Waals surface area contributed by atoms with E-state index in [1.807, 2.05) is 0 Å². The van der Waals surface area contributed by atoms with Gasteiger partial charge in [0.15, 0.2) is 44.0 Å². The van der Waals surface area contributed by atoms with Crippen molar-refractivity contribution in [2.45, 2.75) is 215 Å². The van der Waals surface area contributed by atoms with Crippen LogP contribution in [0.1, 0.15) is 0 Å². The highest BCUT2D eigenvalue weighted by molar-refractivity contribution is 6.29. The van der Waals surface area contributed by atoms with Crippen molar-refractivity contribution in [2.24, 2.45) is 0 Å². The van der Waals surface area contributed by atoms with Gasteiger partial charge in [0.2, 0.25) is 41.4 Å². The first-order chi connectivity index (χ1) is 49.9. The fourth-order valence-electron chi connectivity index (χ4n) is 12.4. The standard InChI is InChI=1S/C56H84Cl7N7O35/c57-1-22(71)64-8-15-43-29(78)36(85)50(92-15)100-44-16(9-65-23(72)2-58)94-52(38(87)31(44)80)102-46-18(11-67-25(74)4-60)96-54(40(89)33(46)82)104-48-20(13-69-27(76)6-62)98-56(42(91)35(48)84)105-49-21(14-70-28(77)7-63)97-55(41(90)34(49)83)103-47-19(12-68-26(75)5-61)95-53(39(88)32(47)81)101-45-17(10-66-24(73)3-59)93-51(99-43)37(86)30(45)79/h15-21,29-56,78-91H,1-14H2,(H,64,71)(H,65,72)(H,66,73)(H,67,74)(H,68,75)(H,69,76)(H,70,77)/t15-,16-,17-,18-,19-,20-,21-,29-,30-,31-,32-,33-,34+,35+,36-,37-,38-,39+,40-,41-,42-,43-,44-,45-,46-,47-,48-,49-,50-,51-,52-,53-,54-,55-,56-/m1/s1. The van der Waals surface area contributed by atoms with Crippen LogP contribution < -0.4 is 37.2 Å². The summed E-state index contributed by atoms with van der Waals surface area (Å²) < 4.78 is 84.9. The summed E-state index contributed by atoms with van der Waals surface area (Å²) in [5.41, 5.74) is 0. The van der Waals surface area contributed by atoms with Gasteiger partial charge in [-0.3, -0.25) is 33.6 Å². The van der Waals surface area contributed by atoms with Crippen LogP contribution in [0.25, 0.3) is 0 Å². The van der Waals surface area contributed by atoms with Crippen LogP contribution in [0.5, 0.6) is 0 Å². The van der Waals surface area contributed by atoms with Gasteiger partial charge in [0, 0.05) is 45.8 Å². The fraction of sp³-hybridized carbons (Fsp3) is 0.875. The number of rotatable bonds is 21. The zero-order chi connectivity index (χ0) is 77.0. The quantitative estimate of drug-likeness (QED) is 0.0475. The third-order valence-corrected chi connectivity index (χ3v) is 19.6. The number of halogens is 7. The van der Waals surface area contributed by atoms with Gasteiger partial charge in [-0.25, -0.2) is 0 Å². The van der Waals surface area contributed by atoms with Gasteiger partial charge in [0.05, 0.1) is 0 Å². The normalized spacial score (nSPS) is 43.3. The molecule has 21 rings (SSSR count). The van der Waals surface area contributed by atoms with E-state index in [0.717, 1.165) is 0 Å². The second kappa shape index (κ2) is 40.6. The van der Waals surface area contributed by atoms with E-state index < -0.39 is 343 Å². The lowest BCUT2D eigenvalue weighted by atomic mass is 9.94. The van der Waals surface area contributed by atoms with Crippen LogP contribution in [0.15, 0.2) is 0 Å². The van der Waals surface area contributed by atoms with Gasteiger partial charge in [-0.05, 0) is 0 Å². The Balaban J connectivity index is 1.21. The number of hydrogen-bond donors (Lipinski definition) is 21. The molecule has 42 nitrogen and oxygen atoms in total. The molecule has 49 heteroatoms. The molecule has 21 aliphatic heterocycles. The molecule has 0 spiro atoms. The zero-order valence-electron chi connectivity index (χ0n) is 54.6. The molecule has 105 heavy (non-hydrogen) atoms. The summed E-state index contributed by atoms with van der Waals surface area (Å²) in [5, 5.41) is 184. The predicted octanol–water partition coefficient (Wildman–Crippen LogP) is -12.7. The van der Waals surface area contributed by atoms with Gasteiger partial charge in [-0.15, -0.1) is 81.2 Å². The van der Waals surface area contributed by atoms with Gasteiger partial charge >= 0.3 is 0 Å². The second-order valence-electron chi connectivity index (χ2n) is 24.9. The lowest BCUT2D eigenvalue weighted by Crippen LogP contribution is -2.69. The maximum Gasteiger partial charge on any atom is 0.235 e. The Kier molecular flexibility index (Phi) is 33.9. The molecule has 0 aromatic heterocycles. The third kappa shape index (κ3) is 21.7. The molecule has 0 aromatic rings. The van der Waals surface area contributed by atoms with E-state index in [2.05, 4.69) is 37.2 Å². The highest BCUT2D eigenvalue weighted by Gasteiger charge is 2.60. The van der Waals surface area contributed by atoms with Gasteiger partial charge in [0.1, 0.15) is 212 Å². The van der Waals surface area contributed by atoms with Crippen LogP contribution in [0.2, 0.25) is 0 Å². The summed E-state index contributed by atoms with van der Waals surface area (Å²) >= 11 is 40.5. The minimum atomic E-state index is -2.36. The van der Waals surface area contributed by atoms with Gasteiger partial charge < -0.3 is 175 Å². The Labute approximate surface area is 630 Å². The first kappa shape index (κ1) is 87.8. The van der Waals surface area contributed by atoms with Crippen LogP contribution in [0, 0.1) is 0 Å². The molecular weight excluding hydrogens is 1580 g/mol. The molecule has 0 aromatic carbocycles. The largest absolute Gasteiger partial charge is 0.387 e. The summed E-state index contributed by atoms with van der Waals surface area (Å²) in [5.74, 6) is -10.8. The SMILES string of the molecule is O=C(CCl)NC[C@H]1O[C@@H]2O[C@H]3[C@H](O)[C@@H](O)[C@@H](O[C@H]4[C@H](O)[C@@H](O)[C@@H](O[C@H]5[C@H](O)[C@@H](O)[C@@H](O[C@H]6[C@H](O)[C@@H](O)[C@@H](O[C@H]7[C@@H](O)[C@@H](O)[C@@H](O[C@H]8[C@@H](O)[C@@H](O)[C@@H](O[C@H]1[C@H](O)[C@@H]2O)O[C@@H]8CNC(=O)CCl)O[C@@H]7CNC(=O)CCl)O[C@@H]6CNC(=O)CCl)O[C@@H]5CNC(=O)CCl)O[C@@H]4CNC(=O)CCl)O[C@@H]3CNC(=O)CCl. The van der Waals surface area contributed by atoms with Gasteiger partial charge in [-0.2, -0.15) is 0 Å². The van der Waals surface area contributed by atoms with E-state index in [-0.39, 0.29) is 0 Å². The number of carbonyl (C=O) groups is 7. The molecule has 21 heterocycles. The average molecular weight is 1660 g/mol. The summed E-state index contributed by atoms with van der Waals surface area (Å²) in [4.78, 5) is 89.0. The van der Waals surface area contributed by atoms with E-state index in [1.54, 1.807) is 0 Å². The van der Waals surface area contributed by atoms with Crippen LogP contribution in [-0.2, 0) is 99.9 Å². The van der Waals surface area contributed by atoms with Crippen molar-refractivity contribution >= 4 is 123 Å². The van der Waals surface area contributed by atoms with Crippen LogP contribution >= 0.6 is 81.2 Å². The fourth-order valence-corrected chi connectivity index (χ4v) is 13.0. The molecule has 21 fully saturated rings. The Hall–Kier alpha value is -2.80. The second-order valence-corrected chi connectivity index (χ2v) is 26.8. The molecule has 0 radical (unpaired) electrons. The Morgan fingerprint density at radius 3 is 0.390 bits per heavy atom. The number of aliphatic hydroxyl groups is 14. The van der Waals surface area contributed by atoms with Gasteiger partial charge in [-0.1, -0.05) is 0 Å². The monoisotopic (exact) mass is 1660 g/mol. The first-order valence-corrected chi connectivity index (χ1v) is 36.1. The number of alkyl halides is 7. The van der Waals surface area contributed by atoms with Crippen molar-refractivity contribution in [2.75, 3.05) is 87.0 Å². The number of nitrogens with one attached hydrogen (secondary N) is 7. The molecule has 35 atom stereocenters. The zero-order valence-corrected chi connectivity index (χ0v) is 59.9. The third-order valence-electron chi connectivity index (χ3n) is 17.9. The Bertz CT molecular complexity index is 2350. The van der Waals surface area contributed by atoms with E-state index in [4.69, 9.17) is 148 Å². The maximum atomic E-state index is 12.7. The summed E-state index contributed by atoms with van der Waals surface area (Å²) in [6, 6.07) is 0. The lowest BCUT2D eigenvalue weighted by Gasteiger charge is -2.50. The summed E-state index contributed by atoms with van der Waals surface area (Å²) in [7, 11) is 0. The number of ether oxygens (including phenoxy) is 14. The lowest BCUT2D eigenvalue weighted by molar-refractivity contribution is -0.391. The molecule has 7 amide bonds. The minimum Gasteiger partial charge on any atom is -0.387 e. The van der Waals surface area contributed by atoms with Crippen molar-refractivity contribution in [1.82, 2.24) is 37.2 Å². The number of hydrogen-bond acceptors (Lipinski definition) is 35. The van der Waals surface area contributed by atoms with E-state index in [1.165, 1.54) is 0 Å². The minimum absolute atomic E-state index is 0.674. The van der Waals surface area contributed by atoms with E-state index >= 15 is 0 Å². The highest BCUT2D eigenvalue weighted by Crippen LogP contribution is 2.39. The Morgan fingerprint density at radius 2 is 0.295 bits per heavy atom. The molecular formula is C56H84Cl7N7O35. The van der Waals surface area contributed by atoms with Gasteiger partial charge in [0.25, 0.3) is 0 Å². The summed E-state index contributed by atoms with van der Waals surface area (Å²) in [6.45, 7) is -5.09. The predicted molar refractivity (Wildman–Crippen MR) is 345 cm³/mol. The molecule has 0 saturated carbocycles. The average Bonchev–Trinajstić information content (AvgIpc) is 0.791. The molecule has 21 N–H and O–H groups in total. The molecule has 0 unspecified atom stereocenters. The topological polar surface area (TPSA) is 616 Å². The van der Waals surface area contributed by atoms with E-state index in [9.17, 15) is 105 Å². The molecule has 602 valence electrons. The van der Waals surface area contributed by atoms with Crippen molar-refractivity contribution in [3.05, 3.63) is 0 Å². The number of amides is 7. The molecule has 14 bridgehead atoms. The van der Waals surface area contributed by atoms with Crippen LogP contribution in [0.3, 0.4) is 0 Å². The summed E-state index contributed by atoms with van der Waals surface area (Å²) in [6.07, 6.45) is -74.8. The van der Waals surface area contributed by atoms with Crippen molar-refractivity contribution in [3.8, 4) is 0 Å². The van der Waals surface area contributed by atoms with Crippen LogP contribution in [-0.4, -0.2) is 415 Å². The molecule has 21 aliphatic rings. The maximum absolute atomic E-state index is 12.7.